The fraction of sp³-hybridized carbons (Fsp3) is 0.211. The number of hydrogen-bond acceptors (Lipinski definition) is 6. The third-order valence-corrected chi connectivity index (χ3v) is 5.45. The Labute approximate surface area is 182 Å². The molecule has 10 heteroatoms. The van der Waals surface area contributed by atoms with Gasteiger partial charge >= 0.3 is 0 Å². The number of nitrogens with zero attached hydrogens (tertiary/aromatic N) is 3. The molecular formula is C19H18Cl2N4O3S. The third kappa shape index (κ3) is 5.56. The van der Waals surface area contributed by atoms with Crippen LogP contribution in [-0.2, 0) is 18.4 Å². The summed E-state index contributed by atoms with van der Waals surface area (Å²) in [5.74, 6) is 1.65. The average molecular weight is 453 g/mol. The predicted octanol–water partition coefficient (Wildman–Crippen LogP) is 4.44. The second-order valence-corrected chi connectivity index (χ2v) is 7.64. The summed E-state index contributed by atoms with van der Waals surface area (Å²) in [7, 11) is 3.34. The van der Waals surface area contributed by atoms with E-state index in [0.29, 0.717) is 38.2 Å². The van der Waals surface area contributed by atoms with Crippen molar-refractivity contribution in [2.45, 2.75) is 11.8 Å². The Morgan fingerprint density at radius 2 is 1.97 bits per heavy atom. The lowest BCUT2D eigenvalue weighted by molar-refractivity contribution is -0.113. The molecule has 0 spiro atoms. The number of benzene rings is 2. The van der Waals surface area contributed by atoms with Crippen LogP contribution in [0.4, 0.5) is 5.69 Å². The number of amides is 1. The number of methoxy groups -OCH3 is 1. The fourth-order valence-electron chi connectivity index (χ4n) is 2.39. The van der Waals surface area contributed by atoms with Crippen molar-refractivity contribution >= 4 is 46.6 Å². The zero-order chi connectivity index (χ0) is 20.8. The van der Waals surface area contributed by atoms with Gasteiger partial charge in [-0.05, 0) is 30.3 Å². The first kappa shape index (κ1) is 21.3. The van der Waals surface area contributed by atoms with E-state index in [1.54, 1.807) is 34.9 Å². The molecule has 1 aromatic heterocycles. The Balaban J connectivity index is 1.57. The number of aromatic nitrogens is 3. The summed E-state index contributed by atoms with van der Waals surface area (Å²) >= 11 is 13.3. The lowest BCUT2D eigenvalue weighted by Crippen LogP contribution is -2.15. The second kappa shape index (κ2) is 9.87. The maximum atomic E-state index is 12.3. The van der Waals surface area contributed by atoms with Gasteiger partial charge in [0.1, 0.15) is 18.1 Å². The van der Waals surface area contributed by atoms with Crippen molar-refractivity contribution in [3.63, 3.8) is 0 Å². The van der Waals surface area contributed by atoms with Gasteiger partial charge in [0.2, 0.25) is 5.91 Å². The summed E-state index contributed by atoms with van der Waals surface area (Å²) in [6, 6.07) is 12.2. The van der Waals surface area contributed by atoms with E-state index in [2.05, 4.69) is 15.5 Å². The molecule has 3 rings (SSSR count). The molecule has 0 atom stereocenters. The Kier molecular flexibility index (Phi) is 7.24. The molecule has 7 nitrogen and oxygen atoms in total. The molecule has 0 fully saturated rings. The minimum absolute atomic E-state index is 0.146. The Hall–Kier alpha value is -2.42. The molecule has 0 unspecified atom stereocenters. The van der Waals surface area contributed by atoms with Crippen LogP contribution in [-0.4, -0.2) is 33.5 Å². The maximum Gasteiger partial charge on any atom is 0.234 e. The van der Waals surface area contributed by atoms with Crippen LogP contribution in [0.5, 0.6) is 11.5 Å². The monoisotopic (exact) mass is 452 g/mol. The first-order valence-corrected chi connectivity index (χ1v) is 10.2. The summed E-state index contributed by atoms with van der Waals surface area (Å²) in [6.07, 6.45) is 0. The number of anilines is 1. The van der Waals surface area contributed by atoms with Crippen LogP contribution >= 0.6 is 35.0 Å². The molecule has 0 bridgehead atoms. The topological polar surface area (TPSA) is 78.3 Å². The van der Waals surface area contributed by atoms with E-state index in [-0.39, 0.29) is 18.3 Å². The highest BCUT2D eigenvalue weighted by Crippen LogP contribution is 2.28. The molecule has 1 N–H and O–H groups in total. The van der Waals surface area contributed by atoms with Gasteiger partial charge in [0.05, 0.1) is 23.6 Å². The van der Waals surface area contributed by atoms with Gasteiger partial charge in [-0.1, -0.05) is 47.1 Å². The van der Waals surface area contributed by atoms with Gasteiger partial charge in [-0.2, -0.15) is 0 Å². The number of carbonyl (C=O) groups is 1. The summed E-state index contributed by atoms with van der Waals surface area (Å²) in [6.45, 7) is 0.208. The number of halogens is 2. The largest absolute Gasteiger partial charge is 0.495 e. The molecule has 152 valence electrons. The summed E-state index contributed by atoms with van der Waals surface area (Å²) in [4.78, 5) is 12.3. The van der Waals surface area contributed by atoms with Crippen molar-refractivity contribution in [2.24, 2.45) is 7.05 Å². The average Bonchev–Trinajstić information content (AvgIpc) is 3.05. The lowest BCUT2D eigenvalue weighted by atomic mass is 10.3. The molecule has 0 aliphatic heterocycles. The number of rotatable bonds is 8. The first-order chi connectivity index (χ1) is 14.0. The number of ether oxygens (including phenoxy) is 2. The smallest absolute Gasteiger partial charge is 0.234 e. The highest BCUT2D eigenvalue weighted by atomic mass is 35.5. The summed E-state index contributed by atoms with van der Waals surface area (Å²) in [5, 5.41) is 12.6. The van der Waals surface area contributed by atoms with Gasteiger partial charge in [-0.3, -0.25) is 4.79 Å². The number of thioether (sulfide) groups is 1. The van der Waals surface area contributed by atoms with Crippen LogP contribution in [0.1, 0.15) is 5.82 Å². The number of hydrogen-bond donors (Lipinski definition) is 1. The molecular weight excluding hydrogens is 435 g/mol. The molecule has 0 aliphatic rings. The standard InChI is InChI=1S/C19H18Cl2N4O3S/c1-25-17(10-28-15-6-4-3-5-13(15)21)23-24-19(25)29-11-18(26)22-14-9-12(20)7-8-16(14)27-2/h3-9H,10-11H2,1-2H3,(H,22,26). The van der Waals surface area contributed by atoms with E-state index in [4.69, 9.17) is 32.7 Å². The van der Waals surface area contributed by atoms with E-state index >= 15 is 0 Å². The summed E-state index contributed by atoms with van der Waals surface area (Å²) < 4.78 is 12.7. The molecule has 3 aromatic rings. The van der Waals surface area contributed by atoms with E-state index in [1.807, 2.05) is 19.2 Å². The van der Waals surface area contributed by atoms with Crippen molar-refractivity contribution in [2.75, 3.05) is 18.2 Å². The quantitative estimate of drug-likeness (QED) is 0.508. The van der Waals surface area contributed by atoms with Crippen molar-refractivity contribution < 1.29 is 14.3 Å². The zero-order valence-corrected chi connectivity index (χ0v) is 18.0. The lowest BCUT2D eigenvalue weighted by Gasteiger charge is -2.10. The van der Waals surface area contributed by atoms with Crippen LogP contribution < -0.4 is 14.8 Å². The molecule has 0 saturated heterocycles. The number of para-hydroxylation sites is 1. The Morgan fingerprint density at radius 3 is 2.72 bits per heavy atom. The van der Waals surface area contributed by atoms with Gasteiger partial charge in [0, 0.05) is 12.1 Å². The van der Waals surface area contributed by atoms with Crippen LogP contribution in [0, 0.1) is 0 Å². The van der Waals surface area contributed by atoms with Crippen molar-refractivity contribution in [3.8, 4) is 11.5 Å². The molecule has 0 aliphatic carbocycles. The van der Waals surface area contributed by atoms with Gasteiger partial charge in [-0.25, -0.2) is 0 Å². The van der Waals surface area contributed by atoms with Gasteiger partial charge in [0.15, 0.2) is 11.0 Å². The van der Waals surface area contributed by atoms with Crippen LogP contribution in [0.25, 0.3) is 0 Å². The Morgan fingerprint density at radius 1 is 1.17 bits per heavy atom. The zero-order valence-electron chi connectivity index (χ0n) is 15.7. The van der Waals surface area contributed by atoms with E-state index in [0.717, 1.165) is 0 Å². The van der Waals surface area contributed by atoms with Crippen molar-refractivity contribution in [1.29, 1.82) is 0 Å². The van der Waals surface area contributed by atoms with Crippen molar-refractivity contribution in [1.82, 2.24) is 14.8 Å². The molecule has 0 radical (unpaired) electrons. The van der Waals surface area contributed by atoms with Gasteiger partial charge in [-0.15, -0.1) is 10.2 Å². The van der Waals surface area contributed by atoms with Crippen LogP contribution in [0.3, 0.4) is 0 Å². The van der Waals surface area contributed by atoms with E-state index in [1.165, 1.54) is 18.9 Å². The molecule has 1 amide bonds. The third-order valence-electron chi connectivity index (χ3n) is 3.89. The molecule has 2 aromatic carbocycles. The summed E-state index contributed by atoms with van der Waals surface area (Å²) in [5.41, 5.74) is 0.511. The van der Waals surface area contributed by atoms with Gasteiger partial charge in [0.25, 0.3) is 0 Å². The normalized spacial score (nSPS) is 10.6. The van der Waals surface area contributed by atoms with Crippen molar-refractivity contribution in [3.05, 3.63) is 58.3 Å². The molecule has 29 heavy (non-hydrogen) atoms. The highest BCUT2D eigenvalue weighted by Gasteiger charge is 2.14. The SMILES string of the molecule is COc1ccc(Cl)cc1NC(=O)CSc1nnc(COc2ccccc2Cl)n1C. The predicted molar refractivity (Wildman–Crippen MR) is 114 cm³/mol. The maximum absolute atomic E-state index is 12.3. The second-order valence-electron chi connectivity index (χ2n) is 5.86. The Bertz CT molecular complexity index is 1010. The van der Waals surface area contributed by atoms with E-state index in [9.17, 15) is 4.79 Å². The van der Waals surface area contributed by atoms with Gasteiger partial charge < -0.3 is 19.4 Å². The number of nitrogens with one attached hydrogen (secondary N) is 1. The molecule has 0 saturated carbocycles. The highest BCUT2D eigenvalue weighted by molar-refractivity contribution is 7.99. The van der Waals surface area contributed by atoms with Crippen LogP contribution in [0.2, 0.25) is 10.0 Å². The fourth-order valence-corrected chi connectivity index (χ4v) is 3.49. The number of carbonyl (C=O) groups excluding carboxylic acids is 1. The minimum atomic E-state index is -0.215. The minimum Gasteiger partial charge on any atom is -0.495 e. The molecule has 1 heterocycles. The van der Waals surface area contributed by atoms with E-state index < -0.39 is 0 Å². The van der Waals surface area contributed by atoms with Crippen LogP contribution in [0.15, 0.2) is 47.6 Å². The first-order valence-electron chi connectivity index (χ1n) is 8.49.